The van der Waals surface area contributed by atoms with E-state index in [1.165, 1.54) is 11.1 Å². The molecule has 20 heavy (non-hydrogen) atoms. The molecule has 3 nitrogen and oxygen atoms in total. The van der Waals surface area contributed by atoms with E-state index in [4.69, 9.17) is 0 Å². The Balaban J connectivity index is 1.94. The smallest absolute Gasteiger partial charge is 0.131 e. The normalized spacial score (nSPS) is 31.1. The van der Waals surface area contributed by atoms with E-state index in [1.807, 2.05) is 30.3 Å². The summed E-state index contributed by atoms with van der Waals surface area (Å²) in [5.41, 5.74) is 4.50. The molecule has 2 aromatic carbocycles. The Bertz CT molecular complexity index is 655. The molecule has 1 heterocycles. The van der Waals surface area contributed by atoms with E-state index in [0.717, 1.165) is 11.1 Å². The van der Waals surface area contributed by atoms with Crippen LogP contribution >= 0.6 is 0 Å². The first-order valence-electron chi connectivity index (χ1n) is 7.04. The number of aliphatic hydroxyl groups is 2. The van der Waals surface area contributed by atoms with Crippen LogP contribution < -0.4 is 5.32 Å². The van der Waals surface area contributed by atoms with Gasteiger partial charge in [-0.2, -0.15) is 0 Å². The molecule has 0 spiro atoms. The molecule has 4 unspecified atom stereocenters. The predicted molar refractivity (Wildman–Crippen MR) is 76.3 cm³/mol. The van der Waals surface area contributed by atoms with Crippen molar-refractivity contribution in [1.82, 2.24) is 5.32 Å². The van der Waals surface area contributed by atoms with Crippen LogP contribution in [0.15, 0.2) is 48.5 Å². The number of hydrogen-bond donors (Lipinski definition) is 3. The Morgan fingerprint density at radius 3 is 2.30 bits per heavy atom. The molecule has 4 atom stereocenters. The Hall–Kier alpha value is -1.68. The fraction of sp³-hybridized carbons (Fsp3) is 0.294. The van der Waals surface area contributed by atoms with Gasteiger partial charge in [0, 0.05) is 18.4 Å². The summed E-state index contributed by atoms with van der Waals surface area (Å²) in [6, 6.07) is 16.1. The van der Waals surface area contributed by atoms with Crippen LogP contribution in [-0.4, -0.2) is 22.4 Å². The maximum atomic E-state index is 10.4. The number of benzene rings is 2. The summed E-state index contributed by atoms with van der Waals surface area (Å²) in [5, 5.41) is 23.8. The molecule has 0 fully saturated rings. The van der Waals surface area contributed by atoms with Gasteiger partial charge in [-0.1, -0.05) is 48.5 Å². The molecule has 0 aromatic heterocycles. The Morgan fingerprint density at radius 2 is 1.50 bits per heavy atom. The zero-order chi connectivity index (χ0) is 13.7. The van der Waals surface area contributed by atoms with E-state index in [1.54, 1.807) is 0 Å². The minimum absolute atomic E-state index is 0.106. The van der Waals surface area contributed by atoms with Crippen LogP contribution in [0.5, 0.6) is 0 Å². The van der Waals surface area contributed by atoms with Crippen LogP contribution in [-0.2, 0) is 6.42 Å². The van der Waals surface area contributed by atoms with Gasteiger partial charge >= 0.3 is 0 Å². The average molecular weight is 267 g/mol. The van der Waals surface area contributed by atoms with Gasteiger partial charge in [-0.15, -0.1) is 0 Å². The average Bonchev–Trinajstić information content (AvgIpc) is 2.48. The standard InChI is InChI=1S/C17H17NO2/c19-14-9-10-5-1-2-6-11(10)15-12-7-3-4-8-13(12)17(20)18-16(14)15/h1-8,14-20H,9H2. The predicted octanol–water partition coefficient (Wildman–Crippen LogP) is 1.70. The topological polar surface area (TPSA) is 52.5 Å². The minimum Gasteiger partial charge on any atom is -0.391 e. The van der Waals surface area contributed by atoms with E-state index < -0.39 is 12.3 Å². The van der Waals surface area contributed by atoms with E-state index >= 15 is 0 Å². The molecule has 3 heteroatoms. The highest BCUT2D eigenvalue weighted by Crippen LogP contribution is 2.42. The fourth-order valence-electron chi connectivity index (χ4n) is 3.67. The second kappa shape index (κ2) is 4.42. The first-order valence-corrected chi connectivity index (χ1v) is 7.04. The molecular weight excluding hydrogens is 250 g/mol. The lowest BCUT2D eigenvalue weighted by Gasteiger charge is -2.43. The molecule has 0 radical (unpaired) electrons. The van der Waals surface area contributed by atoms with Crippen LogP contribution in [0.1, 0.15) is 34.4 Å². The summed E-state index contributed by atoms with van der Waals surface area (Å²) < 4.78 is 0. The molecule has 2 aliphatic rings. The van der Waals surface area contributed by atoms with Gasteiger partial charge in [-0.05, 0) is 22.3 Å². The van der Waals surface area contributed by atoms with Gasteiger partial charge in [0.2, 0.25) is 0 Å². The third-order valence-electron chi connectivity index (χ3n) is 4.57. The Labute approximate surface area is 117 Å². The molecule has 0 saturated heterocycles. The lowest BCUT2D eigenvalue weighted by molar-refractivity contribution is 0.0426. The SMILES string of the molecule is OC1NC2C(O)Cc3ccccc3C2c2ccccc21. The first kappa shape index (κ1) is 12.1. The van der Waals surface area contributed by atoms with Crippen molar-refractivity contribution < 1.29 is 10.2 Å². The summed E-state index contributed by atoms with van der Waals surface area (Å²) in [6.07, 6.45) is -0.538. The second-order valence-electron chi connectivity index (χ2n) is 5.67. The molecule has 1 aliphatic carbocycles. The lowest BCUT2D eigenvalue weighted by Crippen LogP contribution is -2.52. The fourth-order valence-corrected chi connectivity index (χ4v) is 3.67. The number of aliphatic hydroxyl groups excluding tert-OH is 2. The van der Waals surface area contributed by atoms with Crippen LogP contribution in [0.4, 0.5) is 0 Å². The number of rotatable bonds is 0. The minimum atomic E-state index is -0.702. The molecule has 3 N–H and O–H groups in total. The van der Waals surface area contributed by atoms with Gasteiger partial charge in [0.1, 0.15) is 6.23 Å². The summed E-state index contributed by atoms with van der Waals surface area (Å²) in [5.74, 6) is 0.106. The molecule has 0 bridgehead atoms. The van der Waals surface area contributed by atoms with Crippen molar-refractivity contribution in [2.45, 2.75) is 30.7 Å². The van der Waals surface area contributed by atoms with Crippen LogP contribution in [0.25, 0.3) is 0 Å². The van der Waals surface area contributed by atoms with Crippen LogP contribution in [0, 0.1) is 0 Å². The number of nitrogens with one attached hydrogen (secondary N) is 1. The highest BCUT2D eigenvalue weighted by Gasteiger charge is 2.42. The summed E-state index contributed by atoms with van der Waals surface area (Å²) in [7, 11) is 0. The highest BCUT2D eigenvalue weighted by atomic mass is 16.3. The maximum Gasteiger partial charge on any atom is 0.131 e. The van der Waals surface area contributed by atoms with Gasteiger partial charge in [0.15, 0.2) is 0 Å². The van der Waals surface area contributed by atoms with Crippen molar-refractivity contribution in [3.8, 4) is 0 Å². The Morgan fingerprint density at radius 1 is 0.850 bits per heavy atom. The van der Waals surface area contributed by atoms with Crippen molar-refractivity contribution in [2.24, 2.45) is 0 Å². The van der Waals surface area contributed by atoms with E-state index in [0.29, 0.717) is 6.42 Å². The lowest BCUT2D eigenvalue weighted by atomic mass is 9.71. The van der Waals surface area contributed by atoms with Crippen molar-refractivity contribution in [3.63, 3.8) is 0 Å². The molecule has 102 valence electrons. The van der Waals surface area contributed by atoms with Crippen molar-refractivity contribution >= 4 is 0 Å². The molecule has 4 rings (SSSR count). The van der Waals surface area contributed by atoms with Crippen molar-refractivity contribution in [1.29, 1.82) is 0 Å². The van der Waals surface area contributed by atoms with Gasteiger partial charge in [0.25, 0.3) is 0 Å². The van der Waals surface area contributed by atoms with Gasteiger partial charge < -0.3 is 10.2 Å². The Kier molecular flexibility index (Phi) is 2.67. The van der Waals surface area contributed by atoms with Gasteiger partial charge in [-0.25, -0.2) is 0 Å². The van der Waals surface area contributed by atoms with Gasteiger partial charge in [-0.3, -0.25) is 5.32 Å². The first-order chi connectivity index (χ1) is 9.75. The van der Waals surface area contributed by atoms with Crippen molar-refractivity contribution in [2.75, 3.05) is 0 Å². The summed E-state index contributed by atoms with van der Waals surface area (Å²) >= 11 is 0. The second-order valence-corrected chi connectivity index (χ2v) is 5.67. The quantitative estimate of drug-likeness (QED) is 0.681. The molecule has 2 aromatic rings. The zero-order valence-corrected chi connectivity index (χ0v) is 11.0. The molecule has 1 aliphatic heterocycles. The third kappa shape index (κ3) is 1.64. The molecule has 0 amide bonds. The van der Waals surface area contributed by atoms with Crippen LogP contribution in [0.3, 0.4) is 0 Å². The number of fused-ring (bicyclic) bond motifs is 5. The summed E-state index contributed by atoms with van der Waals surface area (Å²) in [4.78, 5) is 0. The van der Waals surface area contributed by atoms with E-state index in [-0.39, 0.29) is 12.0 Å². The van der Waals surface area contributed by atoms with E-state index in [2.05, 4.69) is 23.5 Å². The van der Waals surface area contributed by atoms with Gasteiger partial charge in [0.05, 0.1) is 6.10 Å². The third-order valence-corrected chi connectivity index (χ3v) is 4.57. The van der Waals surface area contributed by atoms with Crippen molar-refractivity contribution in [3.05, 3.63) is 70.8 Å². The highest BCUT2D eigenvalue weighted by molar-refractivity contribution is 5.48. The molecular formula is C17H17NO2. The largest absolute Gasteiger partial charge is 0.391 e. The number of hydrogen-bond acceptors (Lipinski definition) is 3. The summed E-state index contributed by atoms with van der Waals surface area (Å²) in [6.45, 7) is 0. The van der Waals surface area contributed by atoms with E-state index in [9.17, 15) is 10.2 Å². The molecule has 0 saturated carbocycles. The zero-order valence-electron chi connectivity index (χ0n) is 11.0. The monoisotopic (exact) mass is 267 g/mol. The van der Waals surface area contributed by atoms with Crippen LogP contribution in [0.2, 0.25) is 0 Å². The maximum absolute atomic E-state index is 10.4.